The third-order valence-corrected chi connectivity index (χ3v) is 5.88. The molecular formula is C24H27NO4. The Hall–Kier alpha value is -2.92. The molecule has 0 unspecified atom stereocenters. The molecule has 0 saturated heterocycles. The van der Waals surface area contributed by atoms with Crippen LogP contribution in [-0.4, -0.2) is 30.5 Å². The van der Waals surface area contributed by atoms with Gasteiger partial charge in [0.15, 0.2) is 0 Å². The van der Waals surface area contributed by atoms with E-state index in [0.29, 0.717) is 16.9 Å². The molecule has 0 amide bonds. The van der Waals surface area contributed by atoms with Gasteiger partial charge in [-0.15, -0.1) is 0 Å². The molecule has 0 spiro atoms. The van der Waals surface area contributed by atoms with Crippen molar-refractivity contribution in [2.75, 3.05) is 14.2 Å². The molecule has 0 aliphatic carbocycles. The van der Waals surface area contributed by atoms with Crippen molar-refractivity contribution >= 4 is 10.8 Å². The quantitative estimate of drug-likeness (QED) is 0.594. The van der Waals surface area contributed by atoms with E-state index in [1.165, 1.54) is 0 Å². The molecule has 3 aromatic carbocycles. The number of ether oxygens (including phenoxy) is 2. The second-order valence-electron chi connectivity index (χ2n) is 7.83. The Labute approximate surface area is 170 Å². The number of aryl methyl sites for hydroxylation is 1. The SMILES string of the molecule is COc1cc(O)c(-c2c(C)cc(O)c3c(OC)cccc23)c2c1[C@@H](C)N[C@@H](C)C2. The first-order valence-electron chi connectivity index (χ1n) is 9.85. The van der Waals surface area contributed by atoms with Crippen LogP contribution in [0.25, 0.3) is 21.9 Å². The number of methoxy groups -OCH3 is 2. The van der Waals surface area contributed by atoms with Crippen molar-refractivity contribution in [1.29, 1.82) is 0 Å². The van der Waals surface area contributed by atoms with E-state index in [0.717, 1.165) is 39.6 Å². The summed E-state index contributed by atoms with van der Waals surface area (Å²) in [5, 5.41) is 26.8. The van der Waals surface area contributed by atoms with Gasteiger partial charge in [-0.1, -0.05) is 12.1 Å². The molecule has 5 heteroatoms. The van der Waals surface area contributed by atoms with Gasteiger partial charge in [0.1, 0.15) is 23.0 Å². The standard InChI is InChI=1S/C24H27NO4/c1-12-9-17(26)23-15(7-6-8-19(23)28-4)21(12)24-16-10-13(2)25-14(3)22(16)20(29-5)11-18(24)27/h6-9,11,13-14,25-27H,10H2,1-5H3/t13-,14+/m0/s1. The fraction of sp³-hybridized carbons (Fsp3) is 0.333. The molecule has 4 rings (SSSR count). The lowest BCUT2D eigenvalue weighted by Gasteiger charge is -2.33. The Bertz CT molecular complexity index is 1110. The molecule has 0 fully saturated rings. The predicted molar refractivity (Wildman–Crippen MR) is 115 cm³/mol. The van der Waals surface area contributed by atoms with Gasteiger partial charge in [-0.25, -0.2) is 0 Å². The van der Waals surface area contributed by atoms with Gasteiger partial charge in [-0.2, -0.15) is 0 Å². The molecule has 5 nitrogen and oxygen atoms in total. The van der Waals surface area contributed by atoms with Gasteiger partial charge in [0.2, 0.25) is 0 Å². The Morgan fingerprint density at radius 2 is 1.69 bits per heavy atom. The van der Waals surface area contributed by atoms with E-state index in [1.54, 1.807) is 26.4 Å². The highest BCUT2D eigenvalue weighted by molar-refractivity contribution is 6.06. The monoisotopic (exact) mass is 393 g/mol. The smallest absolute Gasteiger partial charge is 0.130 e. The molecule has 0 aromatic heterocycles. The molecule has 3 aromatic rings. The largest absolute Gasteiger partial charge is 0.507 e. The first-order chi connectivity index (χ1) is 13.9. The van der Waals surface area contributed by atoms with Crippen LogP contribution in [0, 0.1) is 6.92 Å². The summed E-state index contributed by atoms with van der Waals surface area (Å²) < 4.78 is 11.1. The molecule has 152 valence electrons. The lowest BCUT2D eigenvalue weighted by molar-refractivity contribution is 0.377. The number of fused-ring (bicyclic) bond motifs is 2. The molecule has 1 aliphatic rings. The Kier molecular flexibility index (Phi) is 4.79. The van der Waals surface area contributed by atoms with Crippen molar-refractivity contribution < 1.29 is 19.7 Å². The number of hydrogen-bond donors (Lipinski definition) is 3. The second-order valence-corrected chi connectivity index (χ2v) is 7.83. The molecule has 29 heavy (non-hydrogen) atoms. The van der Waals surface area contributed by atoms with Crippen LogP contribution in [0.2, 0.25) is 0 Å². The molecule has 1 aliphatic heterocycles. The van der Waals surface area contributed by atoms with E-state index in [1.807, 2.05) is 25.1 Å². The number of aromatic hydroxyl groups is 2. The average Bonchev–Trinajstić information content (AvgIpc) is 2.68. The number of hydrogen-bond acceptors (Lipinski definition) is 5. The lowest BCUT2D eigenvalue weighted by atomic mass is 9.81. The molecule has 2 atom stereocenters. The summed E-state index contributed by atoms with van der Waals surface area (Å²) in [5.41, 5.74) is 4.76. The molecule has 1 heterocycles. The summed E-state index contributed by atoms with van der Waals surface area (Å²) in [4.78, 5) is 0. The molecule has 0 radical (unpaired) electrons. The van der Waals surface area contributed by atoms with E-state index < -0.39 is 0 Å². The third-order valence-electron chi connectivity index (χ3n) is 5.88. The van der Waals surface area contributed by atoms with E-state index >= 15 is 0 Å². The van der Waals surface area contributed by atoms with Crippen LogP contribution in [0.3, 0.4) is 0 Å². The first-order valence-corrected chi connectivity index (χ1v) is 9.85. The topological polar surface area (TPSA) is 71.0 Å². The normalized spacial score (nSPS) is 18.5. The minimum Gasteiger partial charge on any atom is -0.507 e. The molecular weight excluding hydrogens is 366 g/mol. The summed E-state index contributed by atoms with van der Waals surface area (Å²) >= 11 is 0. The molecule has 0 saturated carbocycles. The van der Waals surface area contributed by atoms with Crippen LogP contribution in [0.15, 0.2) is 30.3 Å². The highest BCUT2D eigenvalue weighted by Crippen LogP contribution is 2.49. The summed E-state index contributed by atoms with van der Waals surface area (Å²) in [6.07, 6.45) is 0.769. The van der Waals surface area contributed by atoms with Crippen LogP contribution < -0.4 is 14.8 Å². The number of phenolic OH excluding ortho intramolecular Hbond substituents is 2. The van der Waals surface area contributed by atoms with Crippen molar-refractivity contribution in [2.45, 2.75) is 39.3 Å². The van der Waals surface area contributed by atoms with E-state index in [9.17, 15) is 10.2 Å². The van der Waals surface area contributed by atoms with Crippen LogP contribution >= 0.6 is 0 Å². The number of rotatable bonds is 3. The third kappa shape index (κ3) is 2.97. The van der Waals surface area contributed by atoms with Gasteiger partial charge in [0.05, 0.1) is 19.6 Å². The maximum atomic E-state index is 11.1. The van der Waals surface area contributed by atoms with Crippen LogP contribution in [0.5, 0.6) is 23.0 Å². The van der Waals surface area contributed by atoms with E-state index in [-0.39, 0.29) is 23.6 Å². The van der Waals surface area contributed by atoms with Crippen molar-refractivity contribution in [2.24, 2.45) is 0 Å². The van der Waals surface area contributed by atoms with Gasteiger partial charge in [0, 0.05) is 29.3 Å². The minimum atomic E-state index is 0.0984. The van der Waals surface area contributed by atoms with Crippen molar-refractivity contribution in [3.63, 3.8) is 0 Å². The highest BCUT2D eigenvalue weighted by Gasteiger charge is 2.30. The highest BCUT2D eigenvalue weighted by atomic mass is 16.5. The van der Waals surface area contributed by atoms with Crippen LogP contribution in [0.1, 0.15) is 36.6 Å². The Morgan fingerprint density at radius 1 is 0.966 bits per heavy atom. The van der Waals surface area contributed by atoms with Gasteiger partial charge < -0.3 is 25.0 Å². The lowest BCUT2D eigenvalue weighted by Crippen LogP contribution is -2.36. The van der Waals surface area contributed by atoms with Gasteiger partial charge >= 0.3 is 0 Å². The van der Waals surface area contributed by atoms with Gasteiger partial charge in [0.25, 0.3) is 0 Å². The zero-order chi connectivity index (χ0) is 20.9. The predicted octanol–water partition coefficient (Wildman–Crippen LogP) is 4.84. The first kappa shape index (κ1) is 19.4. The zero-order valence-corrected chi connectivity index (χ0v) is 17.5. The zero-order valence-electron chi connectivity index (χ0n) is 17.5. The maximum Gasteiger partial charge on any atom is 0.130 e. The summed E-state index contributed by atoms with van der Waals surface area (Å²) in [7, 11) is 3.22. The van der Waals surface area contributed by atoms with Crippen LogP contribution in [0.4, 0.5) is 0 Å². The number of benzene rings is 3. The Balaban J connectivity index is 2.14. The van der Waals surface area contributed by atoms with Crippen molar-refractivity contribution in [3.8, 4) is 34.1 Å². The number of nitrogens with one attached hydrogen (secondary N) is 1. The van der Waals surface area contributed by atoms with Crippen molar-refractivity contribution in [1.82, 2.24) is 5.32 Å². The Morgan fingerprint density at radius 3 is 2.38 bits per heavy atom. The number of phenols is 2. The summed E-state index contributed by atoms with van der Waals surface area (Å²) in [5.74, 6) is 1.64. The van der Waals surface area contributed by atoms with Gasteiger partial charge in [-0.05, 0) is 61.4 Å². The van der Waals surface area contributed by atoms with Crippen LogP contribution in [-0.2, 0) is 6.42 Å². The summed E-state index contributed by atoms with van der Waals surface area (Å²) in [6.45, 7) is 6.21. The molecule has 3 N–H and O–H groups in total. The van der Waals surface area contributed by atoms with Crippen molar-refractivity contribution in [3.05, 3.63) is 47.0 Å². The second kappa shape index (κ2) is 7.16. The van der Waals surface area contributed by atoms with Gasteiger partial charge in [-0.3, -0.25) is 0 Å². The summed E-state index contributed by atoms with van der Waals surface area (Å²) in [6, 6.07) is 9.50. The molecule has 0 bridgehead atoms. The van der Waals surface area contributed by atoms with E-state index in [2.05, 4.69) is 19.2 Å². The average molecular weight is 393 g/mol. The van der Waals surface area contributed by atoms with E-state index in [4.69, 9.17) is 9.47 Å². The maximum absolute atomic E-state index is 11.1. The minimum absolute atomic E-state index is 0.0984. The fourth-order valence-corrected chi connectivity index (χ4v) is 4.79. The fourth-order valence-electron chi connectivity index (χ4n) is 4.79.